The molecule has 1 saturated carbocycles. The van der Waals surface area contributed by atoms with E-state index in [4.69, 9.17) is 9.16 Å². The molecule has 0 aromatic rings. The first-order valence-electron chi connectivity index (χ1n) is 11.1. The van der Waals surface area contributed by atoms with Gasteiger partial charge in [-0.25, -0.2) is 4.79 Å². The molecule has 0 radical (unpaired) electrons. The molecule has 6 heteroatoms. The molecule has 2 fully saturated rings. The second-order valence-corrected chi connectivity index (χ2v) is 16.9. The Morgan fingerprint density at radius 1 is 1.14 bits per heavy atom. The van der Waals surface area contributed by atoms with Gasteiger partial charge in [-0.3, -0.25) is 4.90 Å². The Bertz CT molecular complexity index is 608. The van der Waals surface area contributed by atoms with E-state index in [2.05, 4.69) is 73.5 Å². The van der Waals surface area contributed by atoms with Crippen molar-refractivity contribution in [3.8, 4) is 0 Å². The lowest BCUT2D eigenvalue weighted by Gasteiger charge is -2.54. The van der Waals surface area contributed by atoms with E-state index in [-0.39, 0.29) is 29.3 Å². The summed E-state index contributed by atoms with van der Waals surface area (Å²) in [5.41, 5.74) is -0.490. The lowest BCUT2D eigenvalue weighted by molar-refractivity contribution is -0.0717. The van der Waals surface area contributed by atoms with E-state index in [1.54, 1.807) is 0 Å². The molecule has 1 amide bonds. The van der Waals surface area contributed by atoms with E-state index in [1.165, 1.54) is 6.42 Å². The normalized spacial score (nSPS) is 31.7. The molecule has 1 heterocycles. The smallest absolute Gasteiger partial charge is 0.410 e. The number of hydrogen-bond donors (Lipinski definition) is 0. The van der Waals surface area contributed by atoms with Crippen LogP contribution in [0.15, 0.2) is 10.2 Å². The van der Waals surface area contributed by atoms with Crippen molar-refractivity contribution >= 4 is 37.0 Å². The summed E-state index contributed by atoms with van der Waals surface area (Å²) >= 11 is 2.32. The molecule has 0 aromatic heterocycles. The number of carbonyl (C=O) groups is 1. The van der Waals surface area contributed by atoms with Crippen molar-refractivity contribution in [3.63, 3.8) is 0 Å². The van der Waals surface area contributed by atoms with Crippen LogP contribution in [0, 0.1) is 11.8 Å². The minimum Gasteiger partial charge on any atom is -0.444 e. The van der Waals surface area contributed by atoms with Gasteiger partial charge in [-0.1, -0.05) is 55.9 Å². The highest BCUT2D eigenvalue weighted by Gasteiger charge is 2.50. The molecule has 1 aliphatic carbocycles. The van der Waals surface area contributed by atoms with Crippen LogP contribution in [-0.4, -0.2) is 43.1 Å². The molecule has 2 aliphatic rings. The maximum Gasteiger partial charge on any atom is 0.410 e. The van der Waals surface area contributed by atoms with E-state index in [1.807, 2.05) is 25.7 Å². The average Bonchev–Trinajstić information content (AvgIpc) is 2.53. The molecular weight excluding hydrogens is 493 g/mol. The zero-order valence-corrected chi connectivity index (χ0v) is 23.1. The zero-order chi connectivity index (χ0) is 22.2. The van der Waals surface area contributed by atoms with E-state index in [9.17, 15) is 4.79 Å². The molecule has 1 saturated heterocycles. The van der Waals surface area contributed by atoms with Crippen LogP contribution in [-0.2, 0) is 9.16 Å². The predicted octanol–water partition coefficient (Wildman–Crippen LogP) is 7.14. The number of hydrogen-bond acceptors (Lipinski definition) is 3. The van der Waals surface area contributed by atoms with Gasteiger partial charge in [0, 0.05) is 6.04 Å². The van der Waals surface area contributed by atoms with E-state index in [0.717, 1.165) is 19.3 Å². The second kappa shape index (κ2) is 9.19. The van der Waals surface area contributed by atoms with Crippen molar-refractivity contribution in [3.05, 3.63) is 10.2 Å². The largest absolute Gasteiger partial charge is 0.444 e. The van der Waals surface area contributed by atoms with Crippen LogP contribution in [0.4, 0.5) is 4.79 Å². The van der Waals surface area contributed by atoms with Gasteiger partial charge >= 0.3 is 6.09 Å². The maximum absolute atomic E-state index is 13.3. The summed E-state index contributed by atoms with van der Waals surface area (Å²) in [7, 11) is -1.94. The lowest BCUT2D eigenvalue weighted by atomic mass is 9.69. The fourth-order valence-electron chi connectivity index (χ4n) is 4.55. The molecule has 0 aromatic carbocycles. The molecule has 2 rings (SSSR count). The summed E-state index contributed by atoms with van der Waals surface area (Å²) in [6, 6.07) is 0.271. The first-order valence-corrected chi connectivity index (χ1v) is 15.3. The highest BCUT2D eigenvalue weighted by molar-refractivity contribution is 14.1. The molecule has 0 bridgehead atoms. The Hall–Kier alpha value is -0.0831. The van der Waals surface area contributed by atoms with Crippen molar-refractivity contribution in [1.82, 2.24) is 4.90 Å². The second-order valence-electron chi connectivity index (χ2n) is 11.4. The first kappa shape index (κ1) is 25.2. The number of ether oxygens (including phenoxy) is 1. The van der Waals surface area contributed by atoms with Crippen LogP contribution in [0.3, 0.4) is 0 Å². The van der Waals surface area contributed by atoms with Gasteiger partial charge in [-0.05, 0) is 81.0 Å². The summed E-state index contributed by atoms with van der Waals surface area (Å²) in [5.74, 6) is 0.946. The number of rotatable bonds is 3. The number of fused-ring (bicyclic) bond motifs is 1. The van der Waals surface area contributed by atoms with Gasteiger partial charge in [-0.2, -0.15) is 0 Å². The van der Waals surface area contributed by atoms with Crippen LogP contribution in [0.5, 0.6) is 0 Å². The summed E-state index contributed by atoms with van der Waals surface area (Å²) in [4.78, 5) is 15.3. The highest BCUT2D eigenvalue weighted by Crippen LogP contribution is 2.46. The lowest BCUT2D eigenvalue weighted by Crippen LogP contribution is -2.63. The third kappa shape index (κ3) is 6.00. The quantitative estimate of drug-likeness (QED) is 0.285. The minimum atomic E-state index is -1.94. The van der Waals surface area contributed by atoms with Crippen LogP contribution in [0.25, 0.3) is 0 Å². The number of likely N-dealkylation sites (tertiary alicyclic amines) is 1. The number of allylic oxidation sites excluding steroid dienone is 1. The number of nitrogens with zero attached hydrogens (tertiary/aromatic N) is 1. The zero-order valence-electron chi connectivity index (χ0n) is 19.9. The molecule has 168 valence electrons. The molecule has 29 heavy (non-hydrogen) atoms. The Morgan fingerprint density at radius 2 is 1.76 bits per heavy atom. The van der Waals surface area contributed by atoms with Crippen molar-refractivity contribution in [2.45, 2.75) is 116 Å². The molecule has 0 N–H and O–H groups in total. The monoisotopic (exact) mass is 535 g/mol. The van der Waals surface area contributed by atoms with Gasteiger partial charge in [0.15, 0.2) is 8.32 Å². The first-order chi connectivity index (χ1) is 13.2. The molecule has 1 aliphatic heterocycles. The van der Waals surface area contributed by atoms with E-state index >= 15 is 0 Å². The standard InChI is InChI=1S/C23H42INO3Si/c1-16-20(28-29(8,9)23(5,6)7)15-18-17(13-14-24)11-10-12-19(18)25(16)21(26)27-22(2,3)4/h13-14,16-20H,10-12,15H2,1-9H3/b14-13+/t16-,17-,18-,19+,20-/m0/s1. The molecule has 4 nitrogen and oxygen atoms in total. The van der Waals surface area contributed by atoms with E-state index in [0.29, 0.717) is 11.8 Å². The Morgan fingerprint density at radius 3 is 2.28 bits per heavy atom. The topological polar surface area (TPSA) is 38.8 Å². The summed E-state index contributed by atoms with van der Waals surface area (Å²) < 4.78 is 14.9. The van der Waals surface area contributed by atoms with Crippen LogP contribution in [0.1, 0.15) is 74.1 Å². The van der Waals surface area contributed by atoms with Crippen LogP contribution < -0.4 is 0 Å². The third-order valence-electron chi connectivity index (χ3n) is 7.10. The van der Waals surface area contributed by atoms with Crippen LogP contribution >= 0.6 is 22.6 Å². The van der Waals surface area contributed by atoms with Gasteiger partial charge in [0.05, 0.1) is 12.1 Å². The maximum atomic E-state index is 13.3. The summed E-state index contributed by atoms with van der Waals surface area (Å²) in [6.45, 7) is 19.5. The van der Waals surface area contributed by atoms with Crippen molar-refractivity contribution < 1.29 is 14.0 Å². The average molecular weight is 536 g/mol. The van der Waals surface area contributed by atoms with Gasteiger partial charge in [0.1, 0.15) is 5.60 Å². The van der Waals surface area contributed by atoms with Gasteiger partial charge in [0.2, 0.25) is 0 Å². The number of amides is 1. The molecule has 0 unspecified atom stereocenters. The number of halogens is 1. The van der Waals surface area contributed by atoms with Gasteiger partial charge in [-0.15, -0.1) is 0 Å². The molecule has 5 atom stereocenters. The van der Waals surface area contributed by atoms with Crippen molar-refractivity contribution in [2.24, 2.45) is 11.8 Å². The number of carbonyl (C=O) groups excluding carboxylic acids is 1. The predicted molar refractivity (Wildman–Crippen MR) is 132 cm³/mol. The van der Waals surface area contributed by atoms with Crippen LogP contribution in [0.2, 0.25) is 18.1 Å². The Labute approximate surface area is 193 Å². The van der Waals surface area contributed by atoms with Gasteiger partial charge in [0.25, 0.3) is 0 Å². The SMILES string of the molecule is C[C@H]1[C@@H](O[Si](C)(C)C(C)(C)C)C[C@H]2[C@H](/C=C/I)CCC[C@H]2N1C(=O)OC(C)(C)C. The Kier molecular flexibility index (Phi) is 7.98. The van der Waals surface area contributed by atoms with Gasteiger partial charge < -0.3 is 9.16 Å². The molecular formula is C23H42INO3Si. The molecule has 0 spiro atoms. The van der Waals surface area contributed by atoms with E-state index < -0.39 is 13.9 Å². The van der Waals surface area contributed by atoms with Crippen molar-refractivity contribution in [1.29, 1.82) is 0 Å². The third-order valence-corrected chi connectivity index (χ3v) is 12.0. The Balaban J connectivity index is 2.38. The van der Waals surface area contributed by atoms with Crippen molar-refractivity contribution in [2.75, 3.05) is 0 Å². The summed E-state index contributed by atoms with van der Waals surface area (Å²) in [5, 5.41) is 0.147. The summed E-state index contributed by atoms with van der Waals surface area (Å²) in [6.07, 6.45) is 6.67. The fraction of sp³-hybridized carbons (Fsp3) is 0.870. The number of piperidine rings is 1. The minimum absolute atomic E-state index is 0.0301. The fourth-order valence-corrected chi connectivity index (χ4v) is 6.49. The highest BCUT2D eigenvalue weighted by atomic mass is 127.